The fourth-order valence-electron chi connectivity index (χ4n) is 2.25. The third-order valence-corrected chi connectivity index (χ3v) is 3.42. The van der Waals surface area contributed by atoms with E-state index in [1.54, 1.807) is 18.2 Å². The Morgan fingerprint density at radius 1 is 1.56 bits per heavy atom. The normalized spacial score (nSPS) is 18.8. The zero-order valence-corrected chi connectivity index (χ0v) is 10.7. The molecule has 1 atom stereocenters. The molecule has 1 heterocycles. The highest BCUT2D eigenvalue weighted by molar-refractivity contribution is 5.90. The second-order valence-electron chi connectivity index (χ2n) is 4.95. The summed E-state index contributed by atoms with van der Waals surface area (Å²) in [5.74, 6) is 0.939. The molecule has 4 nitrogen and oxygen atoms in total. The zero-order valence-electron chi connectivity index (χ0n) is 10.7. The number of carbonyl (C=O) groups is 1. The number of hydrogen-bond donors (Lipinski definition) is 3. The first kappa shape index (κ1) is 12.9. The van der Waals surface area contributed by atoms with Gasteiger partial charge in [0.2, 0.25) is 5.91 Å². The van der Waals surface area contributed by atoms with Crippen LogP contribution in [0.5, 0.6) is 5.75 Å². The van der Waals surface area contributed by atoms with Gasteiger partial charge in [-0.15, -0.1) is 0 Å². The first-order chi connectivity index (χ1) is 8.65. The lowest BCUT2D eigenvalue weighted by Crippen LogP contribution is -2.15. The average molecular weight is 248 g/mol. The molecular formula is C14H20N2O2. The van der Waals surface area contributed by atoms with E-state index in [-0.39, 0.29) is 11.7 Å². The van der Waals surface area contributed by atoms with Gasteiger partial charge in [-0.25, -0.2) is 0 Å². The molecule has 1 aliphatic rings. The standard InChI is InChI=1S/C14H20N2O2/c1-10-8-12(3-4-13(10)17)16-14(18)5-2-11-6-7-15-9-11/h3-4,8,11,15,17H,2,5-7,9H2,1H3,(H,16,18). The third-order valence-electron chi connectivity index (χ3n) is 3.42. The predicted molar refractivity (Wildman–Crippen MR) is 71.7 cm³/mol. The van der Waals surface area contributed by atoms with Gasteiger partial charge < -0.3 is 15.7 Å². The van der Waals surface area contributed by atoms with Gasteiger partial charge in [-0.05, 0) is 62.5 Å². The Bertz CT molecular complexity index is 426. The highest BCUT2D eigenvalue weighted by atomic mass is 16.3. The van der Waals surface area contributed by atoms with Crippen LogP contribution in [0.1, 0.15) is 24.8 Å². The summed E-state index contributed by atoms with van der Waals surface area (Å²) in [5.41, 5.74) is 1.52. The molecule has 1 aromatic carbocycles. The quantitative estimate of drug-likeness (QED) is 0.714. The third kappa shape index (κ3) is 3.47. The van der Waals surface area contributed by atoms with E-state index in [2.05, 4.69) is 10.6 Å². The van der Waals surface area contributed by atoms with E-state index in [1.165, 1.54) is 6.42 Å². The lowest BCUT2D eigenvalue weighted by atomic mass is 10.0. The first-order valence-corrected chi connectivity index (χ1v) is 6.45. The molecule has 0 radical (unpaired) electrons. The summed E-state index contributed by atoms with van der Waals surface area (Å²) >= 11 is 0. The fourth-order valence-corrected chi connectivity index (χ4v) is 2.25. The number of rotatable bonds is 4. The summed E-state index contributed by atoms with van der Waals surface area (Å²) in [6.45, 7) is 3.92. The van der Waals surface area contributed by atoms with Gasteiger partial charge in [0.1, 0.15) is 5.75 Å². The van der Waals surface area contributed by atoms with Crippen LogP contribution >= 0.6 is 0 Å². The average Bonchev–Trinajstić information content (AvgIpc) is 2.84. The topological polar surface area (TPSA) is 61.4 Å². The maximum atomic E-state index is 11.8. The van der Waals surface area contributed by atoms with E-state index in [9.17, 15) is 9.90 Å². The molecule has 4 heteroatoms. The van der Waals surface area contributed by atoms with Gasteiger partial charge in [0.05, 0.1) is 0 Å². The van der Waals surface area contributed by atoms with Crippen molar-refractivity contribution in [1.82, 2.24) is 5.32 Å². The van der Waals surface area contributed by atoms with Gasteiger partial charge in [-0.1, -0.05) is 0 Å². The number of aryl methyl sites for hydroxylation is 1. The minimum atomic E-state index is 0.0481. The maximum Gasteiger partial charge on any atom is 0.224 e. The van der Waals surface area contributed by atoms with Crippen molar-refractivity contribution in [2.75, 3.05) is 18.4 Å². The fraction of sp³-hybridized carbons (Fsp3) is 0.500. The van der Waals surface area contributed by atoms with E-state index in [1.807, 2.05) is 6.92 Å². The lowest BCUT2D eigenvalue weighted by molar-refractivity contribution is -0.116. The molecular weight excluding hydrogens is 228 g/mol. The van der Waals surface area contributed by atoms with Gasteiger partial charge in [0.15, 0.2) is 0 Å². The minimum absolute atomic E-state index is 0.0481. The van der Waals surface area contributed by atoms with Gasteiger partial charge in [-0.2, -0.15) is 0 Å². The molecule has 1 aliphatic heterocycles. The monoisotopic (exact) mass is 248 g/mol. The van der Waals surface area contributed by atoms with Crippen LogP contribution in [0, 0.1) is 12.8 Å². The van der Waals surface area contributed by atoms with Gasteiger partial charge in [0, 0.05) is 12.1 Å². The number of aromatic hydroxyl groups is 1. The summed E-state index contributed by atoms with van der Waals surface area (Å²) in [7, 11) is 0. The number of benzene rings is 1. The Labute approximate surface area is 107 Å². The molecule has 0 spiro atoms. The number of nitrogens with one attached hydrogen (secondary N) is 2. The van der Waals surface area contributed by atoms with Crippen LogP contribution in [0.15, 0.2) is 18.2 Å². The highest BCUT2D eigenvalue weighted by Crippen LogP contribution is 2.21. The number of hydrogen-bond acceptors (Lipinski definition) is 3. The van der Waals surface area contributed by atoms with E-state index >= 15 is 0 Å². The van der Waals surface area contributed by atoms with Crippen molar-refractivity contribution in [2.24, 2.45) is 5.92 Å². The van der Waals surface area contributed by atoms with Crippen molar-refractivity contribution >= 4 is 11.6 Å². The Hall–Kier alpha value is -1.55. The molecule has 2 rings (SSSR count). The molecule has 1 unspecified atom stereocenters. The Balaban J connectivity index is 1.80. The summed E-state index contributed by atoms with van der Waals surface area (Å²) in [5, 5.41) is 15.6. The summed E-state index contributed by atoms with van der Waals surface area (Å²) in [6.07, 6.45) is 2.67. The van der Waals surface area contributed by atoms with Crippen LogP contribution in [0.3, 0.4) is 0 Å². The second kappa shape index (κ2) is 5.87. The van der Waals surface area contributed by atoms with Crippen LogP contribution in [-0.2, 0) is 4.79 Å². The molecule has 18 heavy (non-hydrogen) atoms. The summed E-state index contributed by atoms with van der Waals surface area (Å²) < 4.78 is 0. The number of anilines is 1. The molecule has 0 aliphatic carbocycles. The first-order valence-electron chi connectivity index (χ1n) is 6.45. The molecule has 98 valence electrons. The van der Waals surface area contributed by atoms with E-state index in [0.29, 0.717) is 12.3 Å². The Kier molecular flexibility index (Phi) is 4.20. The van der Waals surface area contributed by atoms with Gasteiger partial charge >= 0.3 is 0 Å². The van der Waals surface area contributed by atoms with E-state index in [4.69, 9.17) is 0 Å². The molecule has 0 aromatic heterocycles. The van der Waals surface area contributed by atoms with Crippen molar-refractivity contribution in [3.05, 3.63) is 23.8 Å². The molecule has 1 saturated heterocycles. The van der Waals surface area contributed by atoms with E-state index in [0.717, 1.165) is 30.8 Å². The van der Waals surface area contributed by atoms with Crippen molar-refractivity contribution in [3.8, 4) is 5.75 Å². The summed E-state index contributed by atoms with van der Waals surface area (Å²) in [4.78, 5) is 11.8. The lowest BCUT2D eigenvalue weighted by Gasteiger charge is -2.09. The largest absolute Gasteiger partial charge is 0.508 e. The predicted octanol–water partition coefficient (Wildman–Crippen LogP) is 2.03. The number of phenols is 1. The van der Waals surface area contributed by atoms with Gasteiger partial charge in [-0.3, -0.25) is 4.79 Å². The van der Waals surface area contributed by atoms with Crippen molar-refractivity contribution < 1.29 is 9.90 Å². The molecule has 1 amide bonds. The summed E-state index contributed by atoms with van der Waals surface area (Å²) in [6, 6.07) is 5.10. The Morgan fingerprint density at radius 2 is 2.39 bits per heavy atom. The SMILES string of the molecule is Cc1cc(NC(=O)CCC2CCNC2)ccc1O. The Morgan fingerprint density at radius 3 is 3.06 bits per heavy atom. The number of carbonyl (C=O) groups excluding carboxylic acids is 1. The van der Waals surface area contributed by atoms with Gasteiger partial charge in [0.25, 0.3) is 0 Å². The van der Waals surface area contributed by atoms with Crippen LogP contribution in [-0.4, -0.2) is 24.1 Å². The van der Waals surface area contributed by atoms with Crippen LogP contribution < -0.4 is 10.6 Å². The molecule has 0 saturated carbocycles. The second-order valence-corrected chi connectivity index (χ2v) is 4.95. The van der Waals surface area contributed by atoms with Crippen LogP contribution in [0.4, 0.5) is 5.69 Å². The molecule has 1 fully saturated rings. The number of phenolic OH excluding ortho intramolecular Hbond substituents is 1. The smallest absolute Gasteiger partial charge is 0.224 e. The van der Waals surface area contributed by atoms with Crippen molar-refractivity contribution in [1.29, 1.82) is 0 Å². The number of amides is 1. The molecule has 3 N–H and O–H groups in total. The van der Waals surface area contributed by atoms with Crippen molar-refractivity contribution in [3.63, 3.8) is 0 Å². The van der Waals surface area contributed by atoms with E-state index < -0.39 is 0 Å². The van der Waals surface area contributed by atoms with Crippen molar-refractivity contribution in [2.45, 2.75) is 26.2 Å². The zero-order chi connectivity index (χ0) is 13.0. The maximum absolute atomic E-state index is 11.8. The highest BCUT2D eigenvalue weighted by Gasteiger charge is 2.15. The minimum Gasteiger partial charge on any atom is -0.508 e. The van der Waals surface area contributed by atoms with Crippen LogP contribution in [0.25, 0.3) is 0 Å². The molecule has 1 aromatic rings. The van der Waals surface area contributed by atoms with Crippen LogP contribution in [0.2, 0.25) is 0 Å². The molecule has 0 bridgehead atoms.